The molecule has 8 nitrogen and oxygen atoms in total. The van der Waals surface area contributed by atoms with Crippen molar-refractivity contribution in [2.24, 2.45) is 11.8 Å². The van der Waals surface area contributed by atoms with E-state index in [1.807, 2.05) is 13.8 Å². The number of hydrogen-bond donors (Lipinski definition) is 1. The van der Waals surface area contributed by atoms with Crippen LogP contribution in [0, 0.1) is 30.4 Å². The molecule has 1 aliphatic heterocycles. The zero-order valence-electron chi connectivity index (χ0n) is 18.8. The smallest absolute Gasteiger partial charge is 0.263 e. The Morgan fingerprint density at radius 2 is 1.91 bits per heavy atom. The number of benzene rings is 1. The van der Waals surface area contributed by atoms with E-state index >= 15 is 0 Å². The van der Waals surface area contributed by atoms with Gasteiger partial charge >= 0.3 is 0 Å². The van der Waals surface area contributed by atoms with Crippen molar-refractivity contribution in [3.63, 3.8) is 0 Å². The molecule has 12 heteroatoms. The summed E-state index contributed by atoms with van der Waals surface area (Å²) in [5.74, 6) is -2.12. The van der Waals surface area contributed by atoms with E-state index in [4.69, 9.17) is 0 Å². The summed E-state index contributed by atoms with van der Waals surface area (Å²) in [5, 5.41) is 2.22. The first-order valence-corrected chi connectivity index (χ1v) is 13.0. The number of sulfonamides is 1. The molecule has 1 N–H and O–H groups in total. The summed E-state index contributed by atoms with van der Waals surface area (Å²) in [5.41, 5.74) is -0.919. The summed E-state index contributed by atoms with van der Waals surface area (Å²) >= 11 is 1.10. The molecule has 0 unspecified atom stereocenters. The van der Waals surface area contributed by atoms with E-state index in [1.54, 1.807) is 6.92 Å². The summed E-state index contributed by atoms with van der Waals surface area (Å²) in [6.45, 7) is 5.82. The number of nitrogens with zero attached hydrogens (tertiary/aromatic N) is 3. The quantitative estimate of drug-likeness (QED) is 0.567. The minimum absolute atomic E-state index is 0.0587. The van der Waals surface area contributed by atoms with E-state index in [-0.39, 0.29) is 32.6 Å². The normalized spacial score (nSPS) is 19.4. The molecule has 0 bridgehead atoms. The number of piperidine rings is 1. The highest BCUT2D eigenvalue weighted by molar-refractivity contribution is 7.89. The van der Waals surface area contributed by atoms with E-state index in [0.717, 1.165) is 40.8 Å². The molecular weight excluding hydrogens is 486 g/mol. The molecule has 0 aliphatic carbocycles. The summed E-state index contributed by atoms with van der Waals surface area (Å²) in [6.07, 6.45) is 2.08. The molecule has 1 fully saturated rings. The average molecular weight is 511 g/mol. The molecular formula is C22H24F2N4O4S2. The Bertz CT molecular complexity index is 1420. The van der Waals surface area contributed by atoms with Crippen LogP contribution in [0.1, 0.15) is 25.1 Å². The van der Waals surface area contributed by atoms with Crippen molar-refractivity contribution in [1.29, 1.82) is 0 Å². The number of fused-ring (bicyclic) bond motifs is 1. The van der Waals surface area contributed by atoms with Crippen molar-refractivity contribution < 1.29 is 22.0 Å². The second-order valence-electron chi connectivity index (χ2n) is 8.79. The molecule has 182 valence electrons. The second-order valence-corrected chi connectivity index (χ2v) is 11.9. The van der Waals surface area contributed by atoms with Crippen molar-refractivity contribution in [3.05, 3.63) is 51.4 Å². The number of amides is 1. The second kappa shape index (κ2) is 9.16. The molecule has 0 spiro atoms. The lowest BCUT2D eigenvalue weighted by molar-refractivity contribution is -0.116. The topological polar surface area (TPSA) is 101 Å². The summed E-state index contributed by atoms with van der Waals surface area (Å²) in [7, 11) is -3.96. The predicted molar refractivity (Wildman–Crippen MR) is 125 cm³/mol. The maximum Gasteiger partial charge on any atom is 0.263 e. The third-order valence-corrected chi connectivity index (χ3v) is 8.90. The summed E-state index contributed by atoms with van der Waals surface area (Å²) < 4.78 is 56.5. The van der Waals surface area contributed by atoms with E-state index in [2.05, 4.69) is 10.3 Å². The minimum Gasteiger partial charge on any atom is -0.322 e. The number of carbonyl (C=O) groups is 1. The van der Waals surface area contributed by atoms with Gasteiger partial charge in [-0.2, -0.15) is 4.31 Å². The summed E-state index contributed by atoms with van der Waals surface area (Å²) in [4.78, 5) is 30.5. The number of hydrogen-bond acceptors (Lipinski definition) is 6. The molecule has 3 aromatic rings. The standard InChI is InChI=1S/C22H24F2N4O4S2/c1-12-6-13(2)9-28(8-12)34(31,32)20-14(3)33-21-19(20)22(30)27(11-25-21)10-18(29)26-17-5-4-15(23)7-16(17)24/h4-5,7,11-13H,6,8-10H2,1-3H3,(H,26,29)/t12-,13-/m1/s1. The maximum atomic E-state index is 13.9. The summed E-state index contributed by atoms with van der Waals surface area (Å²) in [6, 6.07) is 2.69. The Hall–Kier alpha value is -2.70. The third-order valence-electron chi connectivity index (χ3n) is 5.75. The lowest BCUT2D eigenvalue weighted by atomic mass is 9.94. The lowest BCUT2D eigenvalue weighted by Crippen LogP contribution is -2.42. The van der Waals surface area contributed by atoms with Crippen LogP contribution in [0.4, 0.5) is 14.5 Å². The lowest BCUT2D eigenvalue weighted by Gasteiger charge is -2.34. The van der Waals surface area contributed by atoms with Gasteiger partial charge in [-0.05, 0) is 37.3 Å². The maximum absolute atomic E-state index is 13.9. The van der Waals surface area contributed by atoms with Gasteiger partial charge in [-0.25, -0.2) is 22.2 Å². The van der Waals surface area contributed by atoms with Crippen molar-refractivity contribution in [3.8, 4) is 0 Å². The first-order chi connectivity index (χ1) is 16.0. The molecule has 4 rings (SSSR count). The first kappa shape index (κ1) is 24.4. The van der Waals surface area contributed by atoms with Gasteiger partial charge in [0.2, 0.25) is 15.9 Å². The van der Waals surface area contributed by atoms with Crippen LogP contribution >= 0.6 is 11.3 Å². The fraction of sp³-hybridized carbons (Fsp3) is 0.409. The average Bonchev–Trinajstić information content (AvgIpc) is 3.09. The fourth-order valence-corrected chi connectivity index (χ4v) is 7.75. The highest BCUT2D eigenvalue weighted by Crippen LogP contribution is 2.35. The van der Waals surface area contributed by atoms with Gasteiger partial charge in [0, 0.05) is 24.0 Å². The SMILES string of the molecule is Cc1sc2ncn(CC(=O)Nc3ccc(F)cc3F)c(=O)c2c1S(=O)(=O)N1C[C@H](C)C[C@@H](C)C1. The van der Waals surface area contributed by atoms with Crippen LogP contribution in [-0.4, -0.2) is 41.3 Å². The largest absolute Gasteiger partial charge is 0.322 e. The van der Waals surface area contributed by atoms with Crippen molar-refractivity contribution in [2.75, 3.05) is 18.4 Å². The molecule has 0 radical (unpaired) electrons. The van der Waals surface area contributed by atoms with Crippen LogP contribution in [0.2, 0.25) is 0 Å². The van der Waals surface area contributed by atoms with Gasteiger partial charge in [0.15, 0.2) is 0 Å². The molecule has 34 heavy (non-hydrogen) atoms. The fourth-order valence-electron chi connectivity index (χ4n) is 4.40. The van der Waals surface area contributed by atoms with Crippen LogP contribution in [0.5, 0.6) is 0 Å². The van der Waals surface area contributed by atoms with Gasteiger partial charge in [-0.3, -0.25) is 14.2 Å². The number of aryl methyl sites for hydroxylation is 1. The van der Waals surface area contributed by atoms with Gasteiger partial charge in [-0.15, -0.1) is 11.3 Å². The van der Waals surface area contributed by atoms with E-state index in [1.165, 1.54) is 4.31 Å². The van der Waals surface area contributed by atoms with Crippen molar-refractivity contribution in [1.82, 2.24) is 13.9 Å². The monoisotopic (exact) mass is 510 g/mol. The highest BCUT2D eigenvalue weighted by atomic mass is 32.2. The van der Waals surface area contributed by atoms with Gasteiger partial charge in [0.1, 0.15) is 27.9 Å². The number of halogens is 2. The molecule has 3 heterocycles. The molecule has 1 aliphatic rings. The van der Waals surface area contributed by atoms with Crippen LogP contribution < -0.4 is 10.9 Å². The number of anilines is 1. The Morgan fingerprint density at radius 1 is 1.24 bits per heavy atom. The van der Waals surface area contributed by atoms with Gasteiger partial charge < -0.3 is 5.32 Å². The van der Waals surface area contributed by atoms with Gasteiger partial charge in [0.05, 0.1) is 17.4 Å². The molecule has 1 amide bonds. The van der Waals surface area contributed by atoms with Crippen LogP contribution in [0.3, 0.4) is 0 Å². The Balaban J connectivity index is 1.69. The molecule has 2 aromatic heterocycles. The Kier molecular flexibility index (Phi) is 6.58. The highest BCUT2D eigenvalue weighted by Gasteiger charge is 2.35. The zero-order valence-corrected chi connectivity index (χ0v) is 20.5. The predicted octanol–water partition coefficient (Wildman–Crippen LogP) is 3.35. The van der Waals surface area contributed by atoms with E-state index in [9.17, 15) is 26.8 Å². The number of carbonyl (C=O) groups excluding carboxylic acids is 1. The van der Waals surface area contributed by atoms with Crippen LogP contribution in [-0.2, 0) is 21.4 Å². The van der Waals surface area contributed by atoms with Crippen LogP contribution in [0.15, 0.2) is 34.2 Å². The van der Waals surface area contributed by atoms with E-state index < -0.39 is 39.7 Å². The third kappa shape index (κ3) is 4.62. The molecule has 2 atom stereocenters. The minimum atomic E-state index is -3.96. The first-order valence-electron chi connectivity index (χ1n) is 10.7. The van der Waals surface area contributed by atoms with Crippen LogP contribution in [0.25, 0.3) is 10.2 Å². The number of rotatable bonds is 5. The van der Waals surface area contributed by atoms with Crippen molar-refractivity contribution >= 4 is 43.2 Å². The number of aromatic nitrogens is 2. The Labute approximate surface area is 199 Å². The number of thiophene rings is 1. The molecule has 0 saturated carbocycles. The molecule has 1 aromatic carbocycles. The zero-order chi connectivity index (χ0) is 24.8. The van der Waals surface area contributed by atoms with Crippen molar-refractivity contribution in [2.45, 2.75) is 38.6 Å². The van der Waals surface area contributed by atoms with E-state index in [0.29, 0.717) is 24.0 Å². The van der Waals surface area contributed by atoms with Gasteiger partial charge in [0.25, 0.3) is 5.56 Å². The Morgan fingerprint density at radius 3 is 2.56 bits per heavy atom. The molecule has 1 saturated heterocycles. The number of nitrogens with one attached hydrogen (secondary N) is 1. The van der Waals surface area contributed by atoms with Gasteiger partial charge in [-0.1, -0.05) is 13.8 Å².